The highest BCUT2D eigenvalue weighted by molar-refractivity contribution is 6.06. The van der Waals surface area contributed by atoms with Crippen LogP contribution >= 0.6 is 0 Å². The normalized spacial score (nSPS) is 11.5. The summed E-state index contributed by atoms with van der Waals surface area (Å²) in [6.07, 6.45) is 1.68. The molecule has 3 aromatic heterocycles. The van der Waals surface area contributed by atoms with Gasteiger partial charge in [-0.25, -0.2) is 19.0 Å². The van der Waals surface area contributed by atoms with E-state index in [0.717, 1.165) is 5.56 Å². The first kappa shape index (κ1) is 19.9. The summed E-state index contributed by atoms with van der Waals surface area (Å²) in [7, 11) is 0. The van der Waals surface area contributed by atoms with E-state index in [2.05, 4.69) is 20.4 Å². The van der Waals surface area contributed by atoms with E-state index in [1.54, 1.807) is 18.3 Å². The van der Waals surface area contributed by atoms with Gasteiger partial charge in [-0.1, -0.05) is 30.3 Å². The van der Waals surface area contributed by atoms with Gasteiger partial charge in [-0.2, -0.15) is 5.10 Å². The van der Waals surface area contributed by atoms with Crippen LogP contribution in [0.2, 0.25) is 0 Å². The molecule has 0 fully saturated rings. The number of fused-ring (bicyclic) bond motifs is 2. The van der Waals surface area contributed by atoms with Crippen molar-refractivity contribution >= 4 is 28.0 Å². The maximum Gasteiger partial charge on any atom is 0.252 e. The Kier molecular flexibility index (Phi) is 4.89. The van der Waals surface area contributed by atoms with E-state index in [0.29, 0.717) is 39.1 Å². The maximum absolute atomic E-state index is 13.4. The molecule has 0 aliphatic heterocycles. The van der Waals surface area contributed by atoms with Gasteiger partial charge in [-0.3, -0.25) is 4.79 Å². The number of H-pyrrole nitrogens is 1. The predicted octanol–water partition coefficient (Wildman–Crippen LogP) is 4.62. The number of nitrogens with zero attached hydrogens (tertiary/aromatic N) is 4. The first-order chi connectivity index (χ1) is 15.5. The molecule has 0 aliphatic carbocycles. The molecule has 5 rings (SSSR count). The van der Waals surface area contributed by atoms with E-state index < -0.39 is 0 Å². The van der Waals surface area contributed by atoms with Gasteiger partial charge in [0, 0.05) is 11.6 Å². The maximum atomic E-state index is 13.4. The lowest BCUT2D eigenvalue weighted by molar-refractivity contribution is 0.0951. The van der Waals surface area contributed by atoms with Gasteiger partial charge in [0.2, 0.25) is 0 Å². The summed E-state index contributed by atoms with van der Waals surface area (Å²) >= 11 is 0. The third-order valence-electron chi connectivity index (χ3n) is 5.28. The number of carbonyl (C=O) groups is 1. The van der Waals surface area contributed by atoms with Crippen LogP contribution in [0.3, 0.4) is 0 Å². The van der Waals surface area contributed by atoms with Crippen molar-refractivity contribution in [2.24, 2.45) is 0 Å². The largest absolute Gasteiger partial charge is 0.345 e. The summed E-state index contributed by atoms with van der Waals surface area (Å²) in [6.45, 7) is 4.22. The Hall–Kier alpha value is -4.07. The predicted molar refractivity (Wildman–Crippen MR) is 121 cm³/mol. The minimum atomic E-state index is -0.341. The first-order valence-corrected chi connectivity index (χ1v) is 10.4. The van der Waals surface area contributed by atoms with E-state index in [1.807, 2.05) is 48.9 Å². The third kappa shape index (κ3) is 3.60. The van der Waals surface area contributed by atoms with E-state index >= 15 is 0 Å². The van der Waals surface area contributed by atoms with Crippen LogP contribution in [0.4, 0.5) is 4.39 Å². The summed E-state index contributed by atoms with van der Waals surface area (Å²) in [5.41, 5.74) is 3.99. The molecule has 0 bridgehead atoms. The molecule has 0 saturated heterocycles. The highest BCUT2D eigenvalue weighted by Crippen LogP contribution is 2.26. The lowest BCUT2D eigenvalue weighted by Crippen LogP contribution is -2.24. The zero-order valence-corrected chi connectivity index (χ0v) is 17.6. The number of hydrogen-bond donors (Lipinski definition) is 2. The van der Waals surface area contributed by atoms with Crippen molar-refractivity contribution in [1.82, 2.24) is 30.0 Å². The number of rotatable bonds is 5. The van der Waals surface area contributed by atoms with Crippen LogP contribution in [0.5, 0.6) is 0 Å². The standard InChI is InChI=1S/C24H21FN6O/c1-14(2)31-23-18(12-27-31)17(11-20(30-23)15-6-4-3-5-7-15)24(32)26-13-22-28-19-9-8-16(25)10-21(19)29-22/h3-12,14H,13H2,1-2H3,(H,26,32)(H,28,29). The average Bonchev–Trinajstić information content (AvgIpc) is 3.41. The molecule has 5 aromatic rings. The molecule has 0 saturated carbocycles. The number of aromatic nitrogens is 5. The van der Waals surface area contributed by atoms with E-state index in [-0.39, 0.29) is 24.3 Å². The molecule has 7 nitrogen and oxygen atoms in total. The number of pyridine rings is 1. The minimum absolute atomic E-state index is 0.0953. The van der Waals surface area contributed by atoms with Crippen molar-refractivity contribution in [3.8, 4) is 11.3 Å². The first-order valence-electron chi connectivity index (χ1n) is 10.4. The molecule has 0 radical (unpaired) electrons. The summed E-state index contributed by atoms with van der Waals surface area (Å²) in [6, 6.07) is 15.9. The van der Waals surface area contributed by atoms with Gasteiger partial charge in [0.1, 0.15) is 11.6 Å². The van der Waals surface area contributed by atoms with Crippen molar-refractivity contribution < 1.29 is 9.18 Å². The van der Waals surface area contributed by atoms with E-state index in [4.69, 9.17) is 4.98 Å². The van der Waals surface area contributed by atoms with Crippen molar-refractivity contribution in [3.05, 3.63) is 78.0 Å². The zero-order chi connectivity index (χ0) is 22.2. The van der Waals surface area contributed by atoms with Crippen LogP contribution in [-0.2, 0) is 6.54 Å². The monoisotopic (exact) mass is 428 g/mol. The second kappa shape index (κ2) is 7.88. The number of aromatic amines is 1. The molecule has 32 heavy (non-hydrogen) atoms. The van der Waals surface area contributed by atoms with Crippen LogP contribution in [0, 0.1) is 5.82 Å². The number of hydrogen-bond acceptors (Lipinski definition) is 4. The number of amides is 1. The van der Waals surface area contributed by atoms with Gasteiger partial charge in [-0.05, 0) is 38.1 Å². The molecule has 2 N–H and O–H groups in total. The Labute approximate surface area is 183 Å². The zero-order valence-electron chi connectivity index (χ0n) is 17.6. The average molecular weight is 428 g/mol. The molecule has 0 atom stereocenters. The van der Waals surface area contributed by atoms with Crippen molar-refractivity contribution in [2.75, 3.05) is 0 Å². The molecule has 0 spiro atoms. The van der Waals surface area contributed by atoms with Crippen molar-refractivity contribution in [3.63, 3.8) is 0 Å². The number of nitrogens with one attached hydrogen (secondary N) is 2. The quantitative estimate of drug-likeness (QED) is 0.427. The van der Waals surface area contributed by atoms with Crippen LogP contribution in [0.15, 0.2) is 60.8 Å². The lowest BCUT2D eigenvalue weighted by atomic mass is 10.1. The SMILES string of the molecule is CC(C)n1ncc2c(C(=O)NCc3nc4ccc(F)cc4[nH]3)cc(-c3ccccc3)nc21. The molecule has 3 heterocycles. The molecule has 8 heteroatoms. The Morgan fingerprint density at radius 1 is 1.12 bits per heavy atom. The van der Waals surface area contributed by atoms with Crippen molar-refractivity contribution in [1.29, 1.82) is 0 Å². The van der Waals surface area contributed by atoms with Gasteiger partial charge in [0.05, 0.1) is 40.4 Å². The molecule has 0 unspecified atom stereocenters. The molecule has 160 valence electrons. The highest BCUT2D eigenvalue weighted by atomic mass is 19.1. The summed E-state index contributed by atoms with van der Waals surface area (Å²) in [5, 5.41) is 8.04. The Bertz CT molecular complexity index is 1440. The fourth-order valence-electron chi connectivity index (χ4n) is 3.72. The number of halogens is 1. The Morgan fingerprint density at radius 2 is 1.94 bits per heavy atom. The van der Waals surface area contributed by atoms with Crippen LogP contribution < -0.4 is 5.32 Å². The van der Waals surface area contributed by atoms with Crippen molar-refractivity contribution in [2.45, 2.75) is 26.4 Å². The second-order valence-electron chi connectivity index (χ2n) is 7.87. The van der Waals surface area contributed by atoms with Crippen LogP contribution in [0.1, 0.15) is 36.1 Å². The fraction of sp³-hybridized carbons (Fsp3) is 0.167. The van der Waals surface area contributed by atoms with Gasteiger partial charge in [-0.15, -0.1) is 0 Å². The fourth-order valence-corrected chi connectivity index (χ4v) is 3.72. The number of carbonyl (C=O) groups excluding carboxylic acids is 1. The minimum Gasteiger partial charge on any atom is -0.345 e. The lowest BCUT2D eigenvalue weighted by Gasteiger charge is -2.11. The molecule has 0 aliphatic rings. The molecule has 2 aromatic carbocycles. The Morgan fingerprint density at radius 3 is 2.72 bits per heavy atom. The highest BCUT2D eigenvalue weighted by Gasteiger charge is 2.19. The van der Waals surface area contributed by atoms with E-state index in [9.17, 15) is 9.18 Å². The number of benzene rings is 2. The smallest absolute Gasteiger partial charge is 0.252 e. The van der Waals surface area contributed by atoms with Gasteiger partial charge in [0.15, 0.2) is 5.65 Å². The second-order valence-corrected chi connectivity index (χ2v) is 7.87. The van der Waals surface area contributed by atoms with Gasteiger partial charge < -0.3 is 10.3 Å². The molecular formula is C24H21FN6O. The Balaban J connectivity index is 1.50. The van der Waals surface area contributed by atoms with Gasteiger partial charge >= 0.3 is 0 Å². The topological polar surface area (TPSA) is 88.5 Å². The third-order valence-corrected chi connectivity index (χ3v) is 5.28. The van der Waals surface area contributed by atoms with Crippen LogP contribution in [0.25, 0.3) is 33.3 Å². The molecule has 1 amide bonds. The van der Waals surface area contributed by atoms with E-state index in [1.165, 1.54) is 12.1 Å². The molecular weight excluding hydrogens is 407 g/mol. The van der Waals surface area contributed by atoms with Crippen LogP contribution in [-0.4, -0.2) is 30.6 Å². The summed E-state index contributed by atoms with van der Waals surface area (Å²) < 4.78 is 15.2. The number of imidazole rings is 1. The summed E-state index contributed by atoms with van der Waals surface area (Å²) in [4.78, 5) is 25.4. The van der Waals surface area contributed by atoms with Gasteiger partial charge in [0.25, 0.3) is 5.91 Å². The summed E-state index contributed by atoms with van der Waals surface area (Å²) in [5.74, 6) is -0.0542.